The molecule has 1 aliphatic heterocycles. The summed E-state index contributed by atoms with van der Waals surface area (Å²) in [5.41, 5.74) is 3.47. The smallest absolute Gasteiger partial charge is 0.335 e. The van der Waals surface area contributed by atoms with Crippen LogP contribution in [0.5, 0.6) is 0 Å². The first kappa shape index (κ1) is 12.8. The molecule has 2 heterocycles. The van der Waals surface area contributed by atoms with Gasteiger partial charge in [0.05, 0.1) is 16.6 Å². The van der Waals surface area contributed by atoms with Gasteiger partial charge in [-0.3, -0.25) is 4.79 Å². The molecule has 0 amide bonds. The predicted molar refractivity (Wildman–Crippen MR) is 81.1 cm³/mol. The highest BCUT2D eigenvalue weighted by atomic mass is 16.4. The number of rotatable bonds is 2. The Kier molecular flexibility index (Phi) is 2.63. The Labute approximate surface area is 125 Å². The maximum atomic E-state index is 12.0. The molecule has 1 aromatic heterocycles. The number of benzene rings is 2. The quantitative estimate of drug-likeness (QED) is 0.788. The van der Waals surface area contributed by atoms with Crippen LogP contribution in [0.4, 0.5) is 0 Å². The number of hydrogen-bond donors (Lipinski definition) is 1. The number of carbonyl (C=O) groups is 2. The zero-order chi connectivity index (χ0) is 15.3. The van der Waals surface area contributed by atoms with Crippen LogP contribution in [0.25, 0.3) is 22.4 Å². The fourth-order valence-corrected chi connectivity index (χ4v) is 2.96. The van der Waals surface area contributed by atoms with Crippen LogP contribution >= 0.6 is 0 Å². The zero-order valence-electron chi connectivity index (χ0n) is 11.6. The third kappa shape index (κ3) is 1.75. The topological polar surface area (TPSA) is 72.2 Å². The molecule has 1 aliphatic rings. The summed E-state index contributed by atoms with van der Waals surface area (Å²) < 4.78 is 2.04. The van der Waals surface area contributed by atoms with Crippen LogP contribution in [0.15, 0.2) is 42.5 Å². The number of carboxylic acid groups (broad SMARTS) is 1. The molecule has 5 nitrogen and oxygen atoms in total. The SMILES string of the molecule is O=C(O)c1ccc(-c2nc3cccc4c3n2CCC4=O)cc1. The number of carboxylic acids is 1. The van der Waals surface area contributed by atoms with Crippen molar-refractivity contribution in [3.63, 3.8) is 0 Å². The van der Waals surface area contributed by atoms with Crippen LogP contribution in [0, 0.1) is 0 Å². The number of para-hydroxylation sites is 1. The Balaban J connectivity index is 1.93. The molecule has 0 fully saturated rings. The number of hydrogen-bond acceptors (Lipinski definition) is 3. The first-order valence-electron chi connectivity index (χ1n) is 7.01. The molecule has 0 aliphatic carbocycles. The lowest BCUT2D eigenvalue weighted by atomic mass is 10.0. The van der Waals surface area contributed by atoms with E-state index in [1.54, 1.807) is 24.3 Å². The van der Waals surface area contributed by atoms with E-state index in [9.17, 15) is 9.59 Å². The van der Waals surface area contributed by atoms with Crippen molar-refractivity contribution >= 4 is 22.8 Å². The third-order valence-electron chi connectivity index (χ3n) is 4.02. The monoisotopic (exact) mass is 292 g/mol. The molecule has 0 radical (unpaired) electrons. The number of aryl methyl sites for hydroxylation is 1. The summed E-state index contributed by atoms with van der Waals surface area (Å²) in [5, 5.41) is 8.98. The van der Waals surface area contributed by atoms with E-state index in [0.717, 1.165) is 22.4 Å². The molecule has 0 atom stereocenters. The minimum absolute atomic E-state index is 0.144. The van der Waals surface area contributed by atoms with Crippen molar-refractivity contribution in [3.05, 3.63) is 53.6 Å². The van der Waals surface area contributed by atoms with Gasteiger partial charge in [-0.05, 0) is 24.3 Å². The van der Waals surface area contributed by atoms with Crippen LogP contribution in [0.2, 0.25) is 0 Å². The van der Waals surface area contributed by atoms with Crippen molar-refractivity contribution in [1.82, 2.24) is 9.55 Å². The number of Topliss-reactive ketones (excluding diaryl/α,β-unsaturated/α-hetero) is 1. The van der Waals surface area contributed by atoms with Crippen LogP contribution in [0.3, 0.4) is 0 Å². The predicted octanol–water partition coefficient (Wildman–Crippen LogP) is 2.99. The maximum Gasteiger partial charge on any atom is 0.335 e. The van der Waals surface area contributed by atoms with Gasteiger partial charge in [0, 0.05) is 24.1 Å². The molecule has 108 valence electrons. The first-order chi connectivity index (χ1) is 10.6. The van der Waals surface area contributed by atoms with E-state index >= 15 is 0 Å². The second-order valence-electron chi connectivity index (χ2n) is 5.32. The lowest BCUT2D eigenvalue weighted by molar-refractivity contribution is 0.0696. The molecule has 0 bridgehead atoms. The summed E-state index contributed by atoms with van der Waals surface area (Å²) in [6.07, 6.45) is 0.461. The van der Waals surface area contributed by atoms with Gasteiger partial charge in [0.25, 0.3) is 0 Å². The van der Waals surface area contributed by atoms with Crippen molar-refractivity contribution in [2.75, 3.05) is 0 Å². The number of carbonyl (C=O) groups excluding carboxylic acids is 1. The average molecular weight is 292 g/mol. The van der Waals surface area contributed by atoms with E-state index in [0.29, 0.717) is 18.5 Å². The highest BCUT2D eigenvalue weighted by Crippen LogP contribution is 2.31. The molecule has 5 heteroatoms. The van der Waals surface area contributed by atoms with Crippen molar-refractivity contribution in [3.8, 4) is 11.4 Å². The van der Waals surface area contributed by atoms with Crippen molar-refractivity contribution in [2.45, 2.75) is 13.0 Å². The van der Waals surface area contributed by atoms with Gasteiger partial charge in [0.1, 0.15) is 5.82 Å². The fourth-order valence-electron chi connectivity index (χ4n) is 2.96. The number of imidazole rings is 1. The fraction of sp³-hybridized carbons (Fsp3) is 0.118. The van der Waals surface area contributed by atoms with Gasteiger partial charge >= 0.3 is 5.97 Å². The Morgan fingerprint density at radius 2 is 1.91 bits per heavy atom. The molecular weight excluding hydrogens is 280 g/mol. The number of aromatic carboxylic acids is 1. The van der Waals surface area contributed by atoms with E-state index in [1.807, 2.05) is 22.8 Å². The van der Waals surface area contributed by atoms with Gasteiger partial charge in [0.15, 0.2) is 5.78 Å². The second kappa shape index (κ2) is 4.53. The average Bonchev–Trinajstić information content (AvgIpc) is 2.91. The standard InChI is InChI=1S/C17H12N2O3/c20-14-8-9-19-15-12(14)2-1-3-13(15)18-16(19)10-4-6-11(7-5-10)17(21)22/h1-7H,8-9H2,(H,21,22). The van der Waals surface area contributed by atoms with Crippen LogP contribution in [-0.2, 0) is 6.54 Å². The maximum absolute atomic E-state index is 12.0. The van der Waals surface area contributed by atoms with E-state index in [-0.39, 0.29) is 11.3 Å². The van der Waals surface area contributed by atoms with Gasteiger partial charge in [-0.15, -0.1) is 0 Å². The Morgan fingerprint density at radius 3 is 2.64 bits per heavy atom. The van der Waals surface area contributed by atoms with Crippen molar-refractivity contribution < 1.29 is 14.7 Å². The summed E-state index contributed by atoms with van der Waals surface area (Å²) in [4.78, 5) is 27.6. The normalized spacial score (nSPS) is 13.5. The number of aromatic nitrogens is 2. The summed E-state index contributed by atoms with van der Waals surface area (Å²) in [7, 11) is 0. The van der Waals surface area contributed by atoms with Crippen LogP contribution in [0.1, 0.15) is 27.1 Å². The summed E-state index contributed by atoms with van der Waals surface area (Å²) in [6.45, 7) is 0.600. The summed E-state index contributed by atoms with van der Waals surface area (Å²) in [6, 6.07) is 12.2. The Morgan fingerprint density at radius 1 is 1.14 bits per heavy atom. The summed E-state index contributed by atoms with van der Waals surface area (Å²) >= 11 is 0. The Hall–Kier alpha value is -2.95. The van der Waals surface area contributed by atoms with Crippen LogP contribution < -0.4 is 0 Å². The molecular formula is C17H12N2O3. The lowest BCUT2D eigenvalue weighted by Crippen LogP contribution is -2.14. The van der Waals surface area contributed by atoms with Gasteiger partial charge in [-0.1, -0.05) is 18.2 Å². The van der Waals surface area contributed by atoms with E-state index in [1.165, 1.54) is 0 Å². The highest BCUT2D eigenvalue weighted by Gasteiger charge is 2.23. The Bertz CT molecular complexity index is 923. The molecule has 0 saturated carbocycles. The van der Waals surface area contributed by atoms with Crippen LogP contribution in [-0.4, -0.2) is 26.4 Å². The third-order valence-corrected chi connectivity index (χ3v) is 4.02. The van der Waals surface area contributed by atoms with E-state index in [4.69, 9.17) is 5.11 Å². The highest BCUT2D eigenvalue weighted by molar-refractivity contribution is 6.08. The molecule has 0 unspecified atom stereocenters. The molecule has 4 rings (SSSR count). The number of ketones is 1. The molecule has 0 spiro atoms. The first-order valence-corrected chi connectivity index (χ1v) is 7.01. The van der Waals surface area contributed by atoms with Gasteiger partial charge in [-0.2, -0.15) is 0 Å². The molecule has 3 aromatic rings. The minimum Gasteiger partial charge on any atom is -0.478 e. The summed E-state index contributed by atoms with van der Waals surface area (Å²) in [5.74, 6) is -0.0354. The second-order valence-corrected chi connectivity index (χ2v) is 5.32. The van der Waals surface area contributed by atoms with Gasteiger partial charge in [-0.25, -0.2) is 9.78 Å². The van der Waals surface area contributed by atoms with E-state index in [2.05, 4.69) is 4.98 Å². The molecule has 22 heavy (non-hydrogen) atoms. The zero-order valence-corrected chi connectivity index (χ0v) is 11.6. The number of nitrogens with zero attached hydrogens (tertiary/aromatic N) is 2. The molecule has 0 saturated heterocycles. The minimum atomic E-state index is -0.950. The van der Waals surface area contributed by atoms with Crippen molar-refractivity contribution in [2.24, 2.45) is 0 Å². The molecule has 2 aromatic carbocycles. The lowest BCUT2D eigenvalue weighted by Gasteiger charge is -2.15. The van der Waals surface area contributed by atoms with Gasteiger partial charge < -0.3 is 9.67 Å². The largest absolute Gasteiger partial charge is 0.478 e. The van der Waals surface area contributed by atoms with Gasteiger partial charge in [0.2, 0.25) is 0 Å². The van der Waals surface area contributed by atoms with Crippen molar-refractivity contribution in [1.29, 1.82) is 0 Å². The van der Waals surface area contributed by atoms with E-state index < -0.39 is 5.97 Å². The molecule has 1 N–H and O–H groups in total.